The average molecular weight is 380 g/mol. The van der Waals surface area contributed by atoms with Crippen LogP contribution in [-0.2, 0) is 0 Å². The van der Waals surface area contributed by atoms with Gasteiger partial charge in [-0.3, -0.25) is 14.7 Å². The van der Waals surface area contributed by atoms with Crippen LogP contribution in [0.4, 0.5) is 4.39 Å². The van der Waals surface area contributed by atoms with Crippen molar-refractivity contribution in [3.8, 4) is 11.1 Å². The largest absolute Gasteiger partial charge is 0.349 e. The fraction of sp³-hybridized carbons (Fsp3) is 0.286. The number of fused-ring (bicyclic) bond motifs is 1. The molecule has 0 atom stereocenters. The van der Waals surface area contributed by atoms with Crippen LogP contribution < -0.4 is 5.32 Å². The van der Waals surface area contributed by atoms with E-state index in [-0.39, 0.29) is 17.9 Å². The van der Waals surface area contributed by atoms with Crippen LogP contribution in [0.1, 0.15) is 39.3 Å². The molecule has 0 unspecified atom stereocenters. The highest BCUT2D eigenvalue weighted by Crippen LogP contribution is 2.30. The molecule has 0 radical (unpaired) electrons. The van der Waals surface area contributed by atoms with E-state index in [0.29, 0.717) is 33.3 Å². The SMILES string of the molecule is Cc1c(F)cc(C(=O)NC2CC2)cc1-c1ccc2c(C(=O)N(C)C)n[nH]c2c1. The third-order valence-electron chi connectivity index (χ3n) is 5.00. The lowest BCUT2D eigenvalue weighted by Gasteiger charge is -2.11. The summed E-state index contributed by atoms with van der Waals surface area (Å²) in [6, 6.07) is 8.61. The second-order valence-corrected chi connectivity index (χ2v) is 7.41. The zero-order chi connectivity index (χ0) is 20.0. The van der Waals surface area contributed by atoms with Crippen molar-refractivity contribution in [1.29, 1.82) is 0 Å². The van der Waals surface area contributed by atoms with Crippen molar-refractivity contribution < 1.29 is 14.0 Å². The van der Waals surface area contributed by atoms with Gasteiger partial charge in [0.2, 0.25) is 0 Å². The number of carbonyl (C=O) groups excluding carboxylic acids is 2. The Morgan fingerprint density at radius 2 is 1.96 bits per heavy atom. The van der Waals surface area contributed by atoms with Gasteiger partial charge in [-0.15, -0.1) is 0 Å². The minimum atomic E-state index is -0.424. The van der Waals surface area contributed by atoms with Crippen LogP contribution in [0.2, 0.25) is 0 Å². The van der Waals surface area contributed by atoms with E-state index < -0.39 is 5.82 Å². The van der Waals surface area contributed by atoms with E-state index in [2.05, 4.69) is 15.5 Å². The summed E-state index contributed by atoms with van der Waals surface area (Å²) < 4.78 is 14.5. The number of rotatable bonds is 4. The molecule has 1 aliphatic rings. The Hall–Kier alpha value is -3.22. The van der Waals surface area contributed by atoms with Crippen molar-refractivity contribution in [3.63, 3.8) is 0 Å². The highest BCUT2D eigenvalue weighted by molar-refractivity contribution is 6.05. The highest BCUT2D eigenvalue weighted by atomic mass is 19.1. The van der Waals surface area contributed by atoms with Crippen molar-refractivity contribution >= 4 is 22.7 Å². The summed E-state index contributed by atoms with van der Waals surface area (Å²) in [4.78, 5) is 26.1. The van der Waals surface area contributed by atoms with Crippen LogP contribution in [0.3, 0.4) is 0 Å². The number of H-pyrrole nitrogens is 1. The molecule has 0 spiro atoms. The summed E-state index contributed by atoms with van der Waals surface area (Å²) in [6.07, 6.45) is 1.94. The Balaban J connectivity index is 1.75. The molecule has 28 heavy (non-hydrogen) atoms. The maximum Gasteiger partial charge on any atom is 0.274 e. The normalized spacial score (nSPS) is 13.6. The molecule has 1 fully saturated rings. The van der Waals surface area contributed by atoms with Crippen LogP contribution in [-0.4, -0.2) is 47.0 Å². The van der Waals surface area contributed by atoms with E-state index in [1.807, 2.05) is 12.1 Å². The fourth-order valence-electron chi connectivity index (χ4n) is 3.17. The van der Waals surface area contributed by atoms with Gasteiger partial charge < -0.3 is 10.2 Å². The fourth-order valence-corrected chi connectivity index (χ4v) is 3.17. The molecule has 6 nitrogen and oxygen atoms in total. The van der Waals surface area contributed by atoms with Gasteiger partial charge in [0.15, 0.2) is 5.69 Å². The summed E-state index contributed by atoms with van der Waals surface area (Å²) in [6.45, 7) is 1.69. The molecule has 4 rings (SSSR count). The Kier molecular flexibility index (Phi) is 4.37. The van der Waals surface area contributed by atoms with Crippen molar-refractivity contribution in [3.05, 3.63) is 53.0 Å². The van der Waals surface area contributed by atoms with Crippen LogP contribution >= 0.6 is 0 Å². The quantitative estimate of drug-likeness (QED) is 0.729. The smallest absolute Gasteiger partial charge is 0.274 e. The molecule has 0 saturated heterocycles. The van der Waals surface area contributed by atoms with E-state index in [4.69, 9.17) is 0 Å². The second kappa shape index (κ2) is 6.74. The second-order valence-electron chi connectivity index (χ2n) is 7.41. The van der Waals surface area contributed by atoms with Gasteiger partial charge in [-0.05, 0) is 60.7 Å². The van der Waals surface area contributed by atoms with Crippen LogP contribution in [0, 0.1) is 12.7 Å². The molecule has 144 valence electrons. The summed E-state index contributed by atoms with van der Waals surface area (Å²) >= 11 is 0. The number of benzene rings is 2. The topological polar surface area (TPSA) is 78.1 Å². The Morgan fingerprint density at radius 1 is 1.21 bits per heavy atom. The van der Waals surface area contributed by atoms with Crippen molar-refractivity contribution in [2.45, 2.75) is 25.8 Å². The van der Waals surface area contributed by atoms with Gasteiger partial charge in [-0.1, -0.05) is 6.07 Å². The van der Waals surface area contributed by atoms with E-state index in [1.165, 1.54) is 11.0 Å². The number of amides is 2. The standard InChI is InChI=1S/C21H21FN4O2/c1-11-16(8-13(9-17(11)22)20(27)23-14-5-6-14)12-4-7-15-18(10-12)24-25-19(15)21(28)26(2)3/h4,7-10,14H,5-6H2,1-3H3,(H,23,27)(H,24,25). The average Bonchev–Trinajstić information content (AvgIpc) is 3.38. The van der Waals surface area contributed by atoms with Crippen molar-refractivity contribution in [2.75, 3.05) is 14.1 Å². The summed E-state index contributed by atoms with van der Waals surface area (Å²) in [5, 5.41) is 10.6. The zero-order valence-corrected chi connectivity index (χ0v) is 16.0. The molecule has 7 heteroatoms. The predicted molar refractivity (Wildman–Crippen MR) is 105 cm³/mol. The number of aromatic amines is 1. The third kappa shape index (κ3) is 3.24. The number of nitrogens with zero attached hydrogens (tertiary/aromatic N) is 2. The lowest BCUT2D eigenvalue weighted by Crippen LogP contribution is -2.25. The number of hydrogen-bond donors (Lipinski definition) is 2. The van der Waals surface area contributed by atoms with Gasteiger partial charge in [0.1, 0.15) is 5.82 Å². The van der Waals surface area contributed by atoms with Gasteiger partial charge in [0.05, 0.1) is 5.52 Å². The maximum absolute atomic E-state index is 14.5. The molecule has 1 aliphatic carbocycles. The van der Waals surface area contributed by atoms with Gasteiger partial charge in [0.25, 0.3) is 11.8 Å². The number of aromatic nitrogens is 2. The summed E-state index contributed by atoms with van der Waals surface area (Å²) in [7, 11) is 3.34. The maximum atomic E-state index is 14.5. The monoisotopic (exact) mass is 380 g/mol. The third-order valence-corrected chi connectivity index (χ3v) is 5.00. The van der Waals surface area contributed by atoms with Gasteiger partial charge in [-0.25, -0.2) is 4.39 Å². The van der Waals surface area contributed by atoms with Crippen molar-refractivity contribution in [2.24, 2.45) is 0 Å². The molecule has 0 bridgehead atoms. The lowest BCUT2D eigenvalue weighted by atomic mass is 9.96. The minimum Gasteiger partial charge on any atom is -0.349 e. The van der Waals surface area contributed by atoms with Gasteiger partial charge in [-0.2, -0.15) is 5.10 Å². The first-order valence-electron chi connectivity index (χ1n) is 9.16. The van der Waals surface area contributed by atoms with Crippen LogP contribution in [0.15, 0.2) is 30.3 Å². The molecule has 2 amide bonds. The number of halogens is 1. The lowest BCUT2D eigenvalue weighted by molar-refractivity contribution is 0.0823. The van der Waals surface area contributed by atoms with E-state index in [9.17, 15) is 14.0 Å². The predicted octanol–water partition coefficient (Wildman–Crippen LogP) is 3.27. The van der Waals surface area contributed by atoms with E-state index >= 15 is 0 Å². The number of hydrogen-bond acceptors (Lipinski definition) is 3. The Bertz CT molecular complexity index is 1100. The first-order chi connectivity index (χ1) is 13.3. The molecule has 0 aliphatic heterocycles. The molecular weight excluding hydrogens is 359 g/mol. The van der Waals surface area contributed by atoms with Crippen LogP contribution in [0.5, 0.6) is 0 Å². The molecule has 1 saturated carbocycles. The molecule has 2 aromatic carbocycles. The number of nitrogens with one attached hydrogen (secondary N) is 2. The first kappa shape index (κ1) is 18.2. The van der Waals surface area contributed by atoms with Gasteiger partial charge >= 0.3 is 0 Å². The zero-order valence-electron chi connectivity index (χ0n) is 16.0. The van der Waals surface area contributed by atoms with E-state index in [1.54, 1.807) is 33.2 Å². The van der Waals surface area contributed by atoms with Crippen molar-refractivity contribution in [1.82, 2.24) is 20.4 Å². The van der Waals surface area contributed by atoms with Gasteiger partial charge in [0, 0.05) is 31.1 Å². The first-order valence-corrected chi connectivity index (χ1v) is 9.16. The highest BCUT2D eigenvalue weighted by Gasteiger charge is 2.25. The van der Waals surface area contributed by atoms with Crippen LogP contribution in [0.25, 0.3) is 22.0 Å². The molecule has 2 N–H and O–H groups in total. The molecule has 1 heterocycles. The summed E-state index contributed by atoms with van der Waals surface area (Å²) in [5.74, 6) is -0.879. The minimum absolute atomic E-state index is 0.194. The Labute approximate surface area is 161 Å². The van der Waals surface area contributed by atoms with E-state index in [0.717, 1.165) is 18.4 Å². The number of carbonyl (C=O) groups is 2. The Morgan fingerprint density at radius 3 is 2.64 bits per heavy atom. The molecule has 3 aromatic rings. The molecule has 1 aromatic heterocycles. The summed E-state index contributed by atoms with van der Waals surface area (Å²) in [5.41, 5.74) is 3.17. The molecular formula is C21H21FN4O2.